The molecule has 0 aliphatic carbocycles. The Bertz CT molecular complexity index is 662. The predicted octanol–water partition coefficient (Wildman–Crippen LogP) is 5.02. The van der Waals surface area contributed by atoms with Crippen molar-refractivity contribution in [3.8, 4) is 5.75 Å². The quantitative estimate of drug-likeness (QED) is 0.819. The van der Waals surface area contributed by atoms with Gasteiger partial charge in [-0.2, -0.15) is 0 Å². The Kier molecular flexibility index (Phi) is 4.91. The van der Waals surface area contributed by atoms with Gasteiger partial charge >= 0.3 is 0 Å². The van der Waals surface area contributed by atoms with Crippen molar-refractivity contribution >= 4 is 50.7 Å². The van der Waals surface area contributed by atoms with E-state index in [0.29, 0.717) is 31.5 Å². The second kappa shape index (κ2) is 6.48. The maximum Gasteiger partial charge on any atom is 0.256 e. The molecule has 3 nitrogen and oxygen atoms in total. The molecule has 1 N–H and O–H groups in total. The smallest absolute Gasteiger partial charge is 0.256 e. The van der Waals surface area contributed by atoms with Crippen molar-refractivity contribution in [2.75, 3.05) is 12.4 Å². The molecular formula is C14H10BrCl2NO2. The summed E-state index contributed by atoms with van der Waals surface area (Å²) < 4.78 is 5.78. The van der Waals surface area contributed by atoms with Gasteiger partial charge in [-0.05, 0) is 52.3 Å². The minimum atomic E-state index is -0.269. The second-order valence-corrected chi connectivity index (χ2v) is 5.60. The number of amides is 1. The van der Waals surface area contributed by atoms with Crippen molar-refractivity contribution in [1.29, 1.82) is 0 Å². The van der Waals surface area contributed by atoms with Gasteiger partial charge in [0.25, 0.3) is 5.91 Å². The lowest BCUT2D eigenvalue weighted by molar-refractivity contribution is 0.102. The molecule has 0 heterocycles. The maximum atomic E-state index is 12.2. The number of hydrogen-bond acceptors (Lipinski definition) is 2. The van der Waals surface area contributed by atoms with Crippen LogP contribution in [0.2, 0.25) is 10.0 Å². The zero-order chi connectivity index (χ0) is 14.7. The Morgan fingerprint density at radius 3 is 2.55 bits per heavy atom. The SMILES string of the molecule is COc1ccc(Br)c(C(=O)Nc2ccc(Cl)c(Cl)c2)c1. The second-order valence-electron chi connectivity index (χ2n) is 3.93. The van der Waals surface area contributed by atoms with Crippen molar-refractivity contribution in [1.82, 2.24) is 0 Å². The number of halogens is 3. The molecule has 0 atom stereocenters. The highest BCUT2D eigenvalue weighted by Crippen LogP contribution is 2.27. The molecule has 0 fully saturated rings. The van der Waals surface area contributed by atoms with Crippen LogP contribution in [0, 0.1) is 0 Å². The van der Waals surface area contributed by atoms with Crippen LogP contribution >= 0.6 is 39.1 Å². The van der Waals surface area contributed by atoms with Gasteiger partial charge in [0.2, 0.25) is 0 Å². The number of nitrogens with one attached hydrogen (secondary N) is 1. The molecule has 0 aliphatic heterocycles. The van der Waals surface area contributed by atoms with Gasteiger partial charge in [-0.15, -0.1) is 0 Å². The van der Waals surface area contributed by atoms with Gasteiger partial charge in [-0.3, -0.25) is 4.79 Å². The molecule has 1 amide bonds. The molecule has 6 heteroatoms. The van der Waals surface area contributed by atoms with Crippen LogP contribution in [0.4, 0.5) is 5.69 Å². The van der Waals surface area contributed by atoms with E-state index in [1.54, 1.807) is 43.5 Å². The monoisotopic (exact) mass is 373 g/mol. The van der Waals surface area contributed by atoms with Gasteiger partial charge in [-0.25, -0.2) is 0 Å². The van der Waals surface area contributed by atoms with Crippen LogP contribution in [0.25, 0.3) is 0 Å². The molecule has 0 saturated carbocycles. The van der Waals surface area contributed by atoms with Gasteiger partial charge < -0.3 is 10.1 Å². The maximum absolute atomic E-state index is 12.2. The highest BCUT2D eigenvalue weighted by Gasteiger charge is 2.12. The summed E-state index contributed by atoms with van der Waals surface area (Å²) in [4.78, 5) is 12.2. The number of benzene rings is 2. The van der Waals surface area contributed by atoms with E-state index < -0.39 is 0 Å². The number of anilines is 1. The molecule has 0 unspecified atom stereocenters. The third-order valence-corrected chi connectivity index (χ3v) is 4.03. The van der Waals surface area contributed by atoms with Crippen molar-refractivity contribution < 1.29 is 9.53 Å². The zero-order valence-corrected chi connectivity index (χ0v) is 13.5. The number of carbonyl (C=O) groups excluding carboxylic acids is 1. The molecular weight excluding hydrogens is 365 g/mol. The molecule has 0 spiro atoms. The number of ether oxygens (including phenoxy) is 1. The first-order chi connectivity index (χ1) is 9.51. The number of carbonyl (C=O) groups is 1. The largest absolute Gasteiger partial charge is 0.497 e. The van der Waals surface area contributed by atoms with E-state index in [1.165, 1.54) is 0 Å². The van der Waals surface area contributed by atoms with Gasteiger partial charge in [0.15, 0.2) is 0 Å². The summed E-state index contributed by atoms with van der Waals surface area (Å²) in [5.41, 5.74) is 1.04. The van der Waals surface area contributed by atoms with Crippen LogP contribution in [0.5, 0.6) is 5.75 Å². The van der Waals surface area contributed by atoms with E-state index >= 15 is 0 Å². The highest BCUT2D eigenvalue weighted by molar-refractivity contribution is 9.10. The first kappa shape index (κ1) is 15.2. The molecule has 20 heavy (non-hydrogen) atoms. The fourth-order valence-corrected chi connectivity index (χ4v) is 2.30. The Balaban J connectivity index is 2.25. The van der Waals surface area contributed by atoms with E-state index in [0.717, 1.165) is 0 Å². The molecule has 104 valence electrons. The summed E-state index contributed by atoms with van der Waals surface area (Å²) in [6.45, 7) is 0. The molecule has 2 rings (SSSR count). The van der Waals surface area contributed by atoms with Gasteiger partial charge in [0.1, 0.15) is 5.75 Å². The summed E-state index contributed by atoms with van der Waals surface area (Å²) in [5, 5.41) is 3.57. The minimum Gasteiger partial charge on any atom is -0.497 e. The predicted molar refractivity (Wildman–Crippen MR) is 85.1 cm³/mol. The number of hydrogen-bond donors (Lipinski definition) is 1. The van der Waals surface area contributed by atoms with E-state index in [4.69, 9.17) is 27.9 Å². The van der Waals surface area contributed by atoms with Crippen LogP contribution in [0.15, 0.2) is 40.9 Å². The lowest BCUT2D eigenvalue weighted by atomic mass is 10.2. The summed E-state index contributed by atoms with van der Waals surface area (Å²) in [5.74, 6) is 0.335. The molecule has 0 bridgehead atoms. The molecule has 0 aromatic heterocycles. The molecule has 0 aliphatic rings. The highest BCUT2D eigenvalue weighted by atomic mass is 79.9. The first-order valence-corrected chi connectivity index (χ1v) is 7.16. The zero-order valence-electron chi connectivity index (χ0n) is 10.4. The molecule has 2 aromatic carbocycles. The third kappa shape index (κ3) is 3.45. The Morgan fingerprint density at radius 1 is 1.15 bits per heavy atom. The Labute approximate surface area is 135 Å². The summed E-state index contributed by atoms with van der Waals surface area (Å²) in [6, 6.07) is 10.1. The van der Waals surface area contributed by atoms with Crippen LogP contribution < -0.4 is 10.1 Å². The lowest BCUT2D eigenvalue weighted by Gasteiger charge is -2.09. The molecule has 0 radical (unpaired) electrons. The lowest BCUT2D eigenvalue weighted by Crippen LogP contribution is -2.12. The van der Waals surface area contributed by atoms with Gasteiger partial charge in [-0.1, -0.05) is 23.2 Å². The van der Waals surface area contributed by atoms with Crippen molar-refractivity contribution in [2.45, 2.75) is 0 Å². The number of methoxy groups -OCH3 is 1. The van der Waals surface area contributed by atoms with Crippen LogP contribution in [-0.2, 0) is 0 Å². The minimum absolute atomic E-state index is 0.269. The standard InChI is InChI=1S/C14H10BrCl2NO2/c1-20-9-3-4-11(15)10(7-9)14(19)18-8-2-5-12(16)13(17)6-8/h2-7H,1H3,(H,18,19). The van der Waals surface area contributed by atoms with Crippen LogP contribution in [0.3, 0.4) is 0 Å². The summed E-state index contributed by atoms with van der Waals surface area (Å²) in [6.07, 6.45) is 0. The molecule has 0 saturated heterocycles. The number of rotatable bonds is 3. The average Bonchev–Trinajstić information content (AvgIpc) is 2.43. The van der Waals surface area contributed by atoms with E-state index in [-0.39, 0.29) is 5.91 Å². The first-order valence-electron chi connectivity index (χ1n) is 5.61. The van der Waals surface area contributed by atoms with Crippen LogP contribution in [-0.4, -0.2) is 13.0 Å². The van der Waals surface area contributed by atoms with Crippen molar-refractivity contribution in [3.63, 3.8) is 0 Å². The third-order valence-electron chi connectivity index (χ3n) is 2.60. The van der Waals surface area contributed by atoms with Gasteiger partial charge in [0, 0.05) is 10.2 Å². The fraction of sp³-hybridized carbons (Fsp3) is 0.0714. The molecule has 2 aromatic rings. The van der Waals surface area contributed by atoms with E-state index in [9.17, 15) is 4.79 Å². The van der Waals surface area contributed by atoms with Crippen LogP contribution in [0.1, 0.15) is 10.4 Å². The summed E-state index contributed by atoms with van der Waals surface area (Å²) in [7, 11) is 1.55. The van der Waals surface area contributed by atoms with Gasteiger partial charge in [0.05, 0.1) is 22.7 Å². The van der Waals surface area contributed by atoms with Crippen molar-refractivity contribution in [2.24, 2.45) is 0 Å². The van der Waals surface area contributed by atoms with E-state index in [2.05, 4.69) is 21.2 Å². The Hall–Kier alpha value is -1.23. The summed E-state index contributed by atoms with van der Waals surface area (Å²) >= 11 is 15.1. The topological polar surface area (TPSA) is 38.3 Å². The van der Waals surface area contributed by atoms with E-state index in [1.807, 2.05) is 0 Å². The normalized spacial score (nSPS) is 10.2. The van der Waals surface area contributed by atoms with Crippen molar-refractivity contribution in [3.05, 3.63) is 56.5 Å². The fourth-order valence-electron chi connectivity index (χ4n) is 1.58. The Morgan fingerprint density at radius 2 is 1.90 bits per heavy atom. The average molecular weight is 375 g/mol.